The first-order chi connectivity index (χ1) is 10.6. The van der Waals surface area contributed by atoms with E-state index < -0.39 is 11.9 Å². The number of benzene rings is 1. The Hall–Kier alpha value is -2.54. The average Bonchev–Trinajstić information content (AvgIpc) is 2.99. The fourth-order valence-corrected chi connectivity index (χ4v) is 1.98. The van der Waals surface area contributed by atoms with Crippen molar-refractivity contribution in [2.75, 3.05) is 18.4 Å². The Morgan fingerprint density at radius 2 is 2.18 bits per heavy atom. The molecule has 1 aromatic heterocycles. The van der Waals surface area contributed by atoms with Crippen LogP contribution >= 0.6 is 11.6 Å². The second-order valence-corrected chi connectivity index (χ2v) is 4.81. The molecule has 0 atom stereocenters. The third-order valence-electron chi connectivity index (χ3n) is 2.74. The van der Waals surface area contributed by atoms with E-state index in [1.54, 1.807) is 48.3 Å². The molecule has 22 heavy (non-hydrogen) atoms. The Balaban J connectivity index is 2.05. The Bertz CT molecular complexity index is 657. The molecule has 0 aliphatic carbocycles. The van der Waals surface area contributed by atoms with Gasteiger partial charge in [-0.05, 0) is 31.2 Å². The SMILES string of the molecule is CCNC(=O)NC(=O)CNc1cc(Cl)ccc1-n1cccn1. The van der Waals surface area contributed by atoms with Crippen LogP contribution in [0.2, 0.25) is 5.02 Å². The van der Waals surface area contributed by atoms with Crippen molar-refractivity contribution in [3.8, 4) is 5.69 Å². The highest BCUT2D eigenvalue weighted by atomic mass is 35.5. The fourth-order valence-electron chi connectivity index (χ4n) is 1.81. The summed E-state index contributed by atoms with van der Waals surface area (Å²) < 4.78 is 1.65. The molecule has 8 heteroatoms. The molecule has 0 saturated carbocycles. The van der Waals surface area contributed by atoms with Crippen molar-refractivity contribution >= 4 is 29.2 Å². The summed E-state index contributed by atoms with van der Waals surface area (Å²) in [6.45, 7) is 2.15. The molecule has 0 unspecified atom stereocenters. The first-order valence-electron chi connectivity index (χ1n) is 6.71. The molecule has 2 rings (SSSR count). The largest absolute Gasteiger partial charge is 0.374 e. The maximum absolute atomic E-state index is 11.7. The van der Waals surface area contributed by atoms with Crippen LogP contribution in [0.1, 0.15) is 6.92 Å². The van der Waals surface area contributed by atoms with Gasteiger partial charge in [-0.15, -0.1) is 0 Å². The number of carbonyl (C=O) groups is 2. The molecule has 0 aliphatic heterocycles. The van der Waals surface area contributed by atoms with E-state index in [1.807, 2.05) is 0 Å². The predicted molar refractivity (Wildman–Crippen MR) is 84.3 cm³/mol. The zero-order valence-electron chi connectivity index (χ0n) is 12.0. The highest BCUT2D eigenvalue weighted by Crippen LogP contribution is 2.23. The summed E-state index contributed by atoms with van der Waals surface area (Å²) in [5.74, 6) is -0.447. The van der Waals surface area contributed by atoms with Crippen molar-refractivity contribution in [2.24, 2.45) is 0 Å². The normalized spacial score (nSPS) is 10.1. The number of carbonyl (C=O) groups excluding carboxylic acids is 2. The van der Waals surface area contributed by atoms with Gasteiger partial charge in [0.05, 0.1) is 17.9 Å². The molecule has 3 N–H and O–H groups in total. The molecule has 116 valence electrons. The molecule has 0 saturated heterocycles. The van der Waals surface area contributed by atoms with E-state index in [9.17, 15) is 9.59 Å². The minimum absolute atomic E-state index is 0.0637. The summed E-state index contributed by atoms with van der Waals surface area (Å²) in [6.07, 6.45) is 3.43. The van der Waals surface area contributed by atoms with E-state index in [2.05, 4.69) is 21.0 Å². The molecular weight excluding hydrogens is 306 g/mol. The fraction of sp³-hybridized carbons (Fsp3) is 0.214. The van der Waals surface area contributed by atoms with Crippen LogP contribution in [-0.4, -0.2) is 34.8 Å². The number of nitrogens with one attached hydrogen (secondary N) is 3. The number of imide groups is 1. The van der Waals surface area contributed by atoms with Crippen LogP contribution in [0.5, 0.6) is 0 Å². The van der Waals surface area contributed by atoms with Gasteiger partial charge in [0, 0.05) is 24.0 Å². The van der Waals surface area contributed by atoms with E-state index >= 15 is 0 Å². The third kappa shape index (κ3) is 4.23. The van der Waals surface area contributed by atoms with Gasteiger partial charge >= 0.3 is 6.03 Å². The van der Waals surface area contributed by atoms with Crippen molar-refractivity contribution in [1.29, 1.82) is 0 Å². The summed E-state index contributed by atoms with van der Waals surface area (Å²) in [6, 6.07) is 6.49. The molecule has 7 nitrogen and oxygen atoms in total. The molecule has 0 fully saturated rings. The van der Waals surface area contributed by atoms with Crippen molar-refractivity contribution in [3.05, 3.63) is 41.7 Å². The summed E-state index contributed by atoms with van der Waals surface area (Å²) >= 11 is 5.98. The van der Waals surface area contributed by atoms with E-state index in [0.29, 0.717) is 17.3 Å². The van der Waals surface area contributed by atoms with E-state index in [0.717, 1.165) is 5.69 Å². The summed E-state index contributed by atoms with van der Waals surface area (Å²) in [5.41, 5.74) is 1.39. The monoisotopic (exact) mass is 321 g/mol. The molecule has 0 spiro atoms. The molecule has 3 amide bonds. The molecule has 0 aliphatic rings. The lowest BCUT2D eigenvalue weighted by Gasteiger charge is -2.12. The number of hydrogen-bond donors (Lipinski definition) is 3. The van der Waals surface area contributed by atoms with Gasteiger partial charge in [-0.25, -0.2) is 9.48 Å². The van der Waals surface area contributed by atoms with Crippen LogP contribution in [0, 0.1) is 0 Å². The van der Waals surface area contributed by atoms with Crippen LogP contribution in [0.4, 0.5) is 10.5 Å². The Morgan fingerprint density at radius 3 is 2.86 bits per heavy atom. The highest BCUT2D eigenvalue weighted by molar-refractivity contribution is 6.31. The number of nitrogens with zero attached hydrogens (tertiary/aromatic N) is 2. The summed E-state index contributed by atoms with van der Waals surface area (Å²) in [7, 11) is 0. The number of halogens is 1. The van der Waals surface area contributed by atoms with Gasteiger partial charge < -0.3 is 10.6 Å². The number of aromatic nitrogens is 2. The van der Waals surface area contributed by atoms with E-state index in [4.69, 9.17) is 11.6 Å². The van der Waals surface area contributed by atoms with Crippen LogP contribution in [0.25, 0.3) is 5.69 Å². The minimum Gasteiger partial charge on any atom is -0.374 e. The lowest BCUT2D eigenvalue weighted by molar-refractivity contribution is -0.118. The standard InChI is InChI=1S/C14H16ClN5O2/c1-2-16-14(22)19-13(21)9-17-11-8-10(15)4-5-12(11)20-7-3-6-18-20/h3-8,17H,2,9H2,1H3,(H2,16,19,21,22). The third-order valence-corrected chi connectivity index (χ3v) is 2.97. The molecule has 1 heterocycles. The van der Waals surface area contributed by atoms with Gasteiger partial charge in [0.1, 0.15) is 0 Å². The molecular formula is C14H16ClN5O2. The van der Waals surface area contributed by atoms with Crippen LogP contribution in [0.15, 0.2) is 36.7 Å². The van der Waals surface area contributed by atoms with Crippen molar-refractivity contribution in [2.45, 2.75) is 6.92 Å². The number of urea groups is 1. The first kappa shape index (κ1) is 15.8. The predicted octanol–water partition coefficient (Wildman–Crippen LogP) is 1.78. The number of amides is 3. The molecule has 2 aromatic rings. The van der Waals surface area contributed by atoms with Gasteiger partial charge in [0.25, 0.3) is 0 Å². The Morgan fingerprint density at radius 1 is 1.36 bits per heavy atom. The topological polar surface area (TPSA) is 88.0 Å². The summed E-state index contributed by atoms with van der Waals surface area (Å²) in [4.78, 5) is 23.0. The second kappa shape index (κ2) is 7.46. The molecule has 0 bridgehead atoms. The van der Waals surface area contributed by atoms with Crippen molar-refractivity contribution in [1.82, 2.24) is 20.4 Å². The molecule has 0 radical (unpaired) electrons. The zero-order valence-corrected chi connectivity index (χ0v) is 12.7. The number of rotatable bonds is 5. The maximum atomic E-state index is 11.7. The molecule has 1 aromatic carbocycles. The van der Waals surface area contributed by atoms with Crippen molar-refractivity contribution in [3.63, 3.8) is 0 Å². The van der Waals surface area contributed by atoms with E-state index in [1.165, 1.54) is 0 Å². The lowest BCUT2D eigenvalue weighted by Crippen LogP contribution is -2.41. The maximum Gasteiger partial charge on any atom is 0.321 e. The van der Waals surface area contributed by atoms with Gasteiger partial charge in [-0.2, -0.15) is 5.10 Å². The second-order valence-electron chi connectivity index (χ2n) is 4.37. The van der Waals surface area contributed by atoms with Crippen molar-refractivity contribution < 1.29 is 9.59 Å². The van der Waals surface area contributed by atoms with Gasteiger partial charge in [0.15, 0.2) is 0 Å². The highest BCUT2D eigenvalue weighted by Gasteiger charge is 2.10. The quantitative estimate of drug-likeness (QED) is 0.783. The smallest absolute Gasteiger partial charge is 0.321 e. The Kier molecular flexibility index (Phi) is 5.37. The van der Waals surface area contributed by atoms with Gasteiger partial charge in [-0.3, -0.25) is 10.1 Å². The van der Waals surface area contributed by atoms with Gasteiger partial charge in [0.2, 0.25) is 5.91 Å². The van der Waals surface area contributed by atoms with Crippen LogP contribution in [0.3, 0.4) is 0 Å². The summed E-state index contributed by atoms with van der Waals surface area (Å²) in [5, 5.41) is 12.3. The lowest BCUT2D eigenvalue weighted by atomic mass is 10.2. The van der Waals surface area contributed by atoms with Crippen LogP contribution in [-0.2, 0) is 4.79 Å². The van der Waals surface area contributed by atoms with Crippen LogP contribution < -0.4 is 16.0 Å². The first-order valence-corrected chi connectivity index (χ1v) is 7.09. The van der Waals surface area contributed by atoms with Gasteiger partial charge in [-0.1, -0.05) is 11.6 Å². The average molecular weight is 322 g/mol. The number of hydrogen-bond acceptors (Lipinski definition) is 4. The zero-order chi connectivity index (χ0) is 15.9. The number of anilines is 1. The Labute approximate surface area is 132 Å². The van der Waals surface area contributed by atoms with E-state index in [-0.39, 0.29) is 6.54 Å². The minimum atomic E-state index is -0.521.